The lowest BCUT2D eigenvalue weighted by atomic mass is 10.0. The summed E-state index contributed by atoms with van der Waals surface area (Å²) in [6.45, 7) is 1.74. The van der Waals surface area contributed by atoms with Crippen molar-refractivity contribution in [2.24, 2.45) is 11.5 Å². The molecule has 5 atom stereocenters. The maximum atomic E-state index is 13.2. The third-order valence-corrected chi connectivity index (χ3v) is 6.25. The summed E-state index contributed by atoms with van der Waals surface area (Å²) in [5.74, 6) is -2.94. The number of aliphatic hydroxyl groups is 1. The predicted octanol–water partition coefficient (Wildman–Crippen LogP) is -0.936. The van der Waals surface area contributed by atoms with Crippen molar-refractivity contribution in [3.8, 4) is 5.75 Å². The van der Waals surface area contributed by atoms with Gasteiger partial charge in [-0.05, 0) is 62.4 Å². The monoisotopic (exact) mass is 541 g/mol. The molecule has 0 aliphatic rings. The topological polar surface area (TPSA) is 217 Å². The standard InChI is InChI=1S/C24H39N5O7S/c1-14(30)20(23(34)27-18(24(35)36)10-12-37-2)29-22(33)19(13-15-6-8-16(31)9-7-15)28-21(32)17(26)5-3-4-11-25/h6-9,14,17-20,30-31H,3-5,10-13,25-26H2,1-2H3,(H,27,34)(H,28,32)(H,29,33)(H,35,36). The SMILES string of the molecule is CSCCC(NC(=O)C(NC(=O)C(Cc1ccc(O)cc1)NC(=O)C(N)CCCCN)C(C)O)C(=O)O. The summed E-state index contributed by atoms with van der Waals surface area (Å²) in [6.07, 6.45) is 2.29. The number of nitrogens with one attached hydrogen (secondary N) is 3. The van der Waals surface area contributed by atoms with Crippen molar-refractivity contribution in [1.82, 2.24) is 16.0 Å². The second-order valence-corrected chi connectivity index (χ2v) is 9.72. The molecule has 0 aliphatic carbocycles. The Morgan fingerprint density at radius 1 is 0.946 bits per heavy atom. The minimum absolute atomic E-state index is 0.00694. The zero-order valence-corrected chi connectivity index (χ0v) is 22.0. The Labute approximate surface area is 220 Å². The number of carboxylic acid groups (broad SMARTS) is 1. The van der Waals surface area contributed by atoms with Crippen molar-refractivity contribution in [3.05, 3.63) is 29.8 Å². The summed E-state index contributed by atoms with van der Waals surface area (Å²) in [5.41, 5.74) is 12.0. The van der Waals surface area contributed by atoms with Gasteiger partial charge in [-0.3, -0.25) is 14.4 Å². The Morgan fingerprint density at radius 3 is 2.11 bits per heavy atom. The van der Waals surface area contributed by atoms with Gasteiger partial charge in [0.15, 0.2) is 0 Å². The van der Waals surface area contributed by atoms with Crippen LogP contribution in [0, 0.1) is 0 Å². The Kier molecular flexibility index (Phi) is 14.6. The molecule has 0 bridgehead atoms. The van der Waals surface area contributed by atoms with Crippen LogP contribution in [0.25, 0.3) is 0 Å². The summed E-state index contributed by atoms with van der Waals surface area (Å²) >= 11 is 1.41. The molecule has 0 heterocycles. The lowest BCUT2D eigenvalue weighted by molar-refractivity contribution is -0.143. The molecule has 1 aromatic carbocycles. The fourth-order valence-electron chi connectivity index (χ4n) is 3.41. The maximum absolute atomic E-state index is 13.2. The number of unbranched alkanes of at least 4 members (excludes halogenated alkanes) is 1. The van der Waals surface area contributed by atoms with Gasteiger partial charge in [0.25, 0.3) is 0 Å². The number of hydrogen-bond donors (Lipinski definition) is 8. The van der Waals surface area contributed by atoms with Crippen LogP contribution >= 0.6 is 11.8 Å². The summed E-state index contributed by atoms with van der Waals surface area (Å²) in [7, 11) is 0. The number of carbonyl (C=O) groups excluding carboxylic acids is 3. The summed E-state index contributed by atoms with van der Waals surface area (Å²) in [4.78, 5) is 50.2. The summed E-state index contributed by atoms with van der Waals surface area (Å²) < 4.78 is 0. The first-order chi connectivity index (χ1) is 17.5. The average molecular weight is 542 g/mol. The van der Waals surface area contributed by atoms with Gasteiger partial charge in [0, 0.05) is 6.42 Å². The van der Waals surface area contributed by atoms with E-state index in [9.17, 15) is 34.5 Å². The Balaban J connectivity index is 3.04. The molecule has 208 valence electrons. The first kappa shape index (κ1) is 32.2. The smallest absolute Gasteiger partial charge is 0.326 e. The van der Waals surface area contributed by atoms with Gasteiger partial charge < -0.3 is 42.7 Å². The molecule has 0 radical (unpaired) electrons. The molecule has 0 aromatic heterocycles. The van der Waals surface area contributed by atoms with Gasteiger partial charge in [-0.1, -0.05) is 18.6 Å². The van der Waals surface area contributed by atoms with Gasteiger partial charge in [0.05, 0.1) is 12.1 Å². The summed E-state index contributed by atoms with van der Waals surface area (Å²) in [6, 6.07) is 1.28. The number of nitrogens with two attached hydrogens (primary N) is 2. The fourth-order valence-corrected chi connectivity index (χ4v) is 3.88. The van der Waals surface area contributed by atoms with Crippen LogP contribution in [-0.2, 0) is 25.6 Å². The Bertz CT molecular complexity index is 885. The number of phenolic OH excluding ortho intramolecular Hbond substituents is 1. The zero-order chi connectivity index (χ0) is 28.0. The molecule has 0 spiro atoms. The average Bonchev–Trinajstić information content (AvgIpc) is 2.85. The van der Waals surface area contributed by atoms with E-state index in [0.717, 1.165) is 0 Å². The minimum atomic E-state index is -1.47. The van der Waals surface area contributed by atoms with Crippen LogP contribution in [0.3, 0.4) is 0 Å². The van der Waals surface area contributed by atoms with E-state index in [1.54, 1.807) is 18.4 Å². The molecule has 37 heavy (non-hydrogen) atoms. The molecule has 1 aromatic rings. The van der Waals surface area contributed by atoms with Crippen LogP contribution in [-0.4, -0.2) is 87.8 Å². The van der Waals surface area contributed by atoms with Crippen LogP contribution in [0.4, 0.5) is 0 Å². The van der Waals surface area contributed by atoms with Crippen molar-refractivity contribution < 1.29 is 34.5 Å². The molecule has 10 N–H and O–H groups in total. The molecular weight excluding hydrogens is 502 g/mol. The van der Waals surface area contributed by atoms with E-state index in [0.29, 0.717) is 37.1 Å². The highest BCUT2D eigenvalue weighted by Gasteiger charge is 2.32. The molecule has 3 amide bonds. The molecule has 0 saturated carbocycles. The van der Waals surface area contributed by atoms with Crippen molar-refractivity contribution in [1.29, 1.82) is 0 Å². The Morgan fingerprint density at radius 2 is 1.57 bits per heavy atom. The number of aliphatic hydroxyl groups excluding tert-OH is 1. The molecule has 0 fully saturated rings. The van der Waals surface area contributed by atoms with Crippen molar-refractivity contribution in [3.63, 3.8) is 0 Å². The number of benzene rings is 1. The van der Waals surface area contributed by atoms with Crippen LogP contribution in [0.15, 0.2) is 24.3 Å². The molecule has 0 saturated heterocycles. The van der Waals surface area contributed by atoms with E-state index < -0.39 is 54.0 Å². The number of hydrogen-bond acceptors (Lipinski definition) is 9. The number of carboxylic acids is 1. The van der Waals surface area contributed by atoms with Gasteiger partial charge in [0.1, 0.15) is 23.9 Å². The van der Waals surface area contributed by atoms with E-state index in [4.69, 9.17) is 11.5 Å². The molecule has 13 heteroatoms. The van der Waals surface area contributed by atoms with E-state index >= 15 is 0 Å². The number of phenols is 1. The van der Waals surface area contributed by atoms with Crippen LogP contribution in [0.5, 0.6) is 5.75 Å². The lowest BCUT2D eigenvalue weighted by Crippen LogP contribution is -2.60. The maximum Gasteiger partial charge on any atom is 0.326 e. The fraction of sp³-hybridized carbons (Fsp3) is 0.583. The van der Waals surface area contributed by atoms with Gasteiger partial charge in [0.2, 0.25) is 17.7 Å². The quantitative estimate of drug-likeness (QED) is 0.113. The first-order valence-corrected chi connectivity index (χ1v) is 13.4. The first-order valence-electron chi connectivity index (χ1n) is 12.0. The van der Waals surface area contributed by atoms with Crippen molar-refractivity contribution in [2.75, 3.05) is 18.6 Å². The van der Waals surface area contributed by atoms with Gasteiger partial charge in [-0.2, -0.15) is 11.8 Å². The predicted molar refractivity (Wildman–Crippen MR) is 141 cm³/mol. The van der Waals surface area contributed by atoms with E-state index in [1.165, 1.54) is 30.8 Å². The number of amides is 3. The number of aromatic hydroxyl groups is 1. The molecular formula is C24H39N5O7S. The largest absolute Gasteiger partial charge is 0.508 e. The van der Waals surface area contributed by atoms with Gasteiger partial charge in [-0.25, -0.2) is 4.79 Å². The highest BCUT2D eigenvalue weighted by molar-refractivity contribution is 7.98. The van der Waals surface area contributed by atoms with Gasteiger partial charge in [-0.15, -0.1) is 0 Å². The molecule has 1 rings (SSSR count). The van der Waals surface area contributed by atoms with Crippen LogP contribution in [0.1, 0.15) is 38.2 Å². The zero-order valence-electron chi connectivity index (χ0n) is 21.2. The Hall–Kier alpha value is -2.87. The van der Waals surface area contributed by atoms with Crippen LogP contribution < -0.4 is 27.4 Å². The molecule has 12 nitrogen and oxygen atoms in total. The van der Waals surface area contributed by atoms with Crippen molar-refractivity contribution in [2.45, 2.75) is 69.3 Å². The second kappa shape index (κ2) is 16.8. The highest BCUT2D eigenvalue weighted by Crippen LogP contribution is 2.12. The third-order valence-electron chi connectivity index (χ3n) is 5.60. The number of thioether (sulfide) groups is 1. The van der Waals surface area contributed by atoms with Crippen molar-refractivity contribution >= 4 is 35.5 Å². The van der Waals surface area contributed by atoms with Crippen LogP contribution in [0.2, 0.25) is 0 Å². The number of carbonyl (C=O) groups is 4. The molecule has 0 aliphatic heterocycles. The lowest BCUT2D eigenvalue weighted by Gasteiger charge is -2.26. The molecule has 5 unspecified atom stereocenters. The second-order valence-electron chi connectivity index (χ2n) is 8.73. The normalized spacial score (nSPS) is 15.1. The number of aliphatic carboxylic acids is 1. The summed E-state index contributed by atoms with van der Waals surface area (Å²) in [5, 5.41) is 36.5. The van der Waals surface area contributed by atoms with Gasteiger partial charge >= 0.3 is 5.97 Å². The van der Waals surface area contributed by atoms with E-state index in [2.05, 4.69) is 16.0 Å². The highest BCUT2D eigenvalue weighted by atomic mass is 32.2. The third kappa shape index (κ3) is 11.8. The number of rotatable bonds is 17. The van der Waals surface area contributed by atoms with E-state index in [1.807, 2.05) is 0 Å². The van der Waals surface area contributed by atoms with E-state index in [-0.39, 0.29) is 18.6 Å². The minimum Gasteiger partial charge on any atom is -0.508 e.